The molecule has 1 spiro atoms. The van der Waals surface area contributed by atoms with E-state index >= 15 is 0 Å². The Morgan fingerprint density at radius 1 is 1.21 bits per heavy atom. The van der Waals surface area contributed by atoms with Crippen LogP contribution in [0.25, 0.3) is 11.4 Å². The number of rotatable bonds is 4. The molecule has 7 nitrogen and oxygen atoms in total. The molecule has 1 saturated carbocycles. The Morgan fingerprint density at radius 2 is 2.07 bits per heavy atom. The Bertz CT molecular complexity index is 892. The number of H-pyrrole nitrogens is 1. The van der Waals surface area contributed by atoms with E-state index in [-0.39, 0.29) is 17.2 Å². The molecule has 0 bridgehead atoms. The molecule has 28 heavy (non-hydrogen) atoms. The zero-order chi connectivity index (χ0) is 19.1. The summed E-state index contributed by atoms with van der Waals surface area (Å²) in [7, 11) is 0. The lowest BCUT2D eigenvalue weighted by atomic mass is 9.78. The van der Waals surface area contributed by atoms with Gasteiger partial charge in [0.15, 0.2) is 5.82 Å². The summed E-state index contributed by atoms with van der Waals surface area (Å²) >= 11 is 0. The first-order chi connectivity index (χ1) is 13.7. The number of aromatic amines is 1. The number of likely N-dealkylation sites (tertiary alicyclic amines) is 2. The molecule has 1 aromatic carbocycles. The molecule has 5 rings (SSSR count). The van der Waals surface area contributed by atoms with Crippen molar-refractivity contribution in [2.45, 2.75) is 32.1 Å². The molecular formula is C21H25N5O2. The summed E-state index contributed by atoms with van der Waals surface area (Å²) in [5, 5.41) is 6.74. The molecule has 2 aliphatic heterocycles. The third-order valence-corrected chi connectivity index (χ3v) is 6.47. The summed E-state index contributed by atoms with van der Waals surface area (Å²) in [6, 6.07) is 7.46. The van der Waals surface area contributed by atoms with E-state index in [9.17, 15) is 9.59 Å². The van der Waals surface area contributed by atoms with Crippen molar-refractivity contribution in [1.82, 2.24) is 25.0 Å². The van der Waals surface area contributed by atoms with Crippen LogP contribution in [0.4, 0.5) is 0 Å². The van der Waals surface area contributed by atoms with Crippen LogP contribution in [0.1, 0.15) is 42.5 Å². The second kappa shape index (κ2) is 6.72. The van der Waals surface area contributed by atoms with Gasteiger partial charge in [-0.05, 0) is 44.1 Å². The summed E-state index contributed by atoms with van der Waals surface area (Å²) in [6.45, 7) is 2.94. The third kappa shape index (κ3) is 2.99. The van der Waals surface area contributed by atoms with Gasteiger partial charge in [0.2, 0.25) is 5.91 Å². The highest BCUT2D eigenvalue weighted by atomic mass is 16.2. The molecule has 7 heteroatoms. The number of amides is 2. The van der Waals surface area contributed by atoms with E-state index in [0.717, 1.165) is 37.9 Å². The molecule has 1 aromatic heterocycles. The lowest BCUT2D eigenvalue weighted by Gasteiger charge is -2.39. The number of carbonyl (C=O) groups is 2. The maximum atomic E-state index is 13.3. The van der Waals surface area contributed by atoms with Gasteiger partial charge in [0.05, 0.1) is 11.0 Å². The largest absolute Gasteiger partial charge is 0.342 e. The van der Waals surface area contributed by atoms with Crippen LogP contribution < -0.4 is 0 Å². The standard InChI is InChI=1S/C21H25N5O2/c27-19(17-5-2-1-4-16(17)18-22-14-23-24-18)26-11-9-21(13-26)8-3-10-25(20(21)28)12-15-6-7-15/h1-2,4-5,14-15H,3,6-13H2,(H,22,23,24)/t21-/m0/s1. The van der Waals surface area contributed by atoms with Crippen molar-refractivity contribution in [3.05, 3.63) is 36.2 Å². The predicted molar refractivity (Wildman–Crippen MR) is 103 cm³/mol. The smallest absolute Gasteiger partial charge is 0.254 e. The van der Waals surface area contributed by atoms with E-state index in [2.05, 4.69) is 20.1 Å². The first kappa shape index (κ1) is 17.4. The van der Waals surface area contributed by atoms with E-state index in [1.165, 1.54) is 19.2 Å². The minimum atomic E-state index is -0.385. The SMILES string of the molecule is O=C(c1ccccc1-c1ncn[nH]1)N1CC[C@@]2(CCCN(CC3CC3)C2=O)C1. The zero-order valence-corrected chi connectivity index (χ0v) is 15.9. The Kier molecular flexibility index (Phi) is 4.18. The third-order valence-electron chi connectivity index (χ3n) is 6.47. The number of nitrogens with one attached hydrogen (secondary N) is 1. The molecule has 3 aliphatic rings. The molecule has 0 unspecified atom stereocenters. The van der Waals surface area contributed by atoms with Crippen LogP contribution in [-0.4, -0.2) is 63.0 Å². The van der Waals surface area contributed by atoms with Gasteiger partial charge in [0.1, 0.15) is 6.33 Å². The molecule has 3 fully saturated rings. The van der Waals surface area contributed by atoms with Gasteiger partial charge >= 0.3 is 0 Å². The monoisotopic (exact) mass is 379 g/mol. The summed E-state index contributed by atoms with van der Waals surface area (Å²) in [4.78, 5) is 34.7. The van der Waals surface area contributed by atoms with Gasteiger partial charge in [-0.15, -0.1) is 0 Å². The fraction of sp³-hybridized carbons (Fsp3) is 0.524. The van der Waals surface area contributed by atoms with Crippen molar-refractivity contribution in [1.29, 1.82) is 0 Å². The van der Waals surface area contributed by atoms with Crippen LogP contribution in [0.3, 0.4) is 0 Å². The van der Waals surface area contributed by atoms with Gasteiger partial charge in [0.25, 0.3) is 5.91 Å². The van der Waals surface area contributed by atoms with Crippen molar-refractivity contribution in [3.63, 3.8) is 0 Å². The Hall–Kier alpha value is -2.70. The molecule has 2 saturated heterocycles. The van der Waals surface area contributed by atoms with Crippen LogP contribution in [-0.2, 0) is 4.79 Å². The predicted octanol–water partition coefficient (Wildman–Crippen LogP) is 2.34. The highest BCUT2D eigenvalue weighted by molar-refractivity contribution is 6.00. The quantitative estimate of drug-likeness (QED) is 0.884. The van der Waals surface area contributed by atoms with E-state index in [0.29, 0.717) is 30.4 Å². The van der Waals surface area contributed by atoms with Crippen molar-refractivity contribution < 1.29 is 9.59 Å². The zero-order valence-electron chi connectivity index (χ0n) is 15.9. The maximum Gasteiger partial charge on any atom is 0.254 e. The summed E-state index contributed by atoms with van der Waals surface area (Å²) in [5.41, 5.74) is 0.968. The van der Waals surface area contributed by atoms with Gasteiger partial charge < -0.3 is 9.80 Å². The first-order valence-electron chi connectivity index (χ1n) is 10.2. The average Bonchev–Trinajstić information content (AvgIpc) is 3.20. The topological polar surface area (TPSA) is 82.2 Å². The molecule has 1 aliphatic carbocycles. The molecule has 1 atom stereocenters. The number of nitrogens with zero attached hydrogens (tertiary/aromatic N) is 4. The molecule has 1 N–H and O–H groups in total. The molecule has 3 heterocycles. The lowest BCUT2D eigenvalue weighted by molar-refractivity contribution is -0.145. The molecule has 146 valence electrons. The normalized spacial score (nSPS) is 24.9. The Balaban J connectivity index is 1.36. The average molecular weight is 379 g/mol. The van der Waals surface area contributed by atoms with Crippen LogP contribution in [0.15, 0.2) is 30.6 Å². The number of piperidine rings is 1. The number of aromatic nitrogens is 3. The van der Waals surface area contributed by atoms with Gasteiger partial charge in [0, 0.05) is 31.7 Å². The van der Waals surface area contributed by atoms with E-state index in [1.807, 2.05) is 29.2 Å². The minimum absolute atomic E-state index is 0.0315. The molecule has 2 aromatic rings. The van der Waals surface area contributed by atoms with Gasteiger partial charge in [-0.1, -0.05) is 18.2 Å². The number of hydrogen-bond donors (Lipinski definition) is 1. The molecule has 2 amide bonds. The Morgan fingerprint density at radius 3 is 2.86 bits per heavy atom. The van der Waals surface area contributed by atoms with Gasteiger partial charge in [-0.2, -0.15) is 5.10 Å². The van der Waals surface area contributed by atoms with Crippen LogP contribution in [0.2, 0.25) is 0 Å². The number of hydrogen-bond acceptors (Lipinski definition) is 4. The van der Waals surface area contributed by atoms with Crippen molar-refractivity contribution in [2.75, 3.05) is 26.2 Å². The summed E-state index contributed by atoms with van der Waals surface area (Å²) < 4.78 is 0. The van der Waals surface area contributed by atoms with E-state index in [4.69, 9.17) is 0 Å². The van der Waals surface area contributed by atoms with Crippen LogP contribution in [0, 0.1) is 11.3 Å². The van der Waals surface area contributed by atoms with E-state index in [1.54, 1.807) is 0 Å². The fourth-order valence-electron chi connectivity index (χ4n) is 4.74. The maximum absolute atomic E-state index is 13.3. The Labute approximate surface area is 164 Å². The van der Waals surface area contributed by atoms with Crippen LogP contribution in [0.5, 0.6) is 0 Å². The second-order valence-electron chi connectivity index (χ2n) is 8.43. The number of benzene rings is 1. The highest BCUT2D eigenvalue weighted by Crippen LogP contribution is 2.42. The van der Waals surface area contributed by atoms with Crippen molar-refractivity contribution >= 4 is 11.8 Å². The van der Waals surface area contributed by atoms with Gasteiger partial charge in [-0.3, -0.25) is 14.7 Å². The van der Waals surface area contributed by atoms with E-state index < -0.39 is 0 Å². The van der Waals surface area contributed by atoms with Gasteiger partial charge in [-0.25, -0.2) is 4.98 Å². The second-order valence-corrected chi connectivity index (χ2v) is 8.43. The summed E-state index contributed by atoms with van der Waals surface area (Å²) in [5.74, 6) is 1.52. The van der Waals surface area contributed by atoms with Crippen molar-refractivity contribution in [2.24, 2.45) is 11.3 Å². The fourth-order valence-corrected chi connectivity index (χ4v) is 4.74. The minimum Gasteiger partial charge on any atom is -0.342 e. The van der Waals surface area contributed by atoms with Crippen molar-refractivity contribution in [3.8, 4) is 11.4 Å². The first-order valence-corrected chi connectivity index (χ1v) is 10.2. The van der Waals surface area contributed by atoms with Crippen LogP contribution >= 0.6 is 0 Å². The molecular weight excluding hydrogens is 354 g/mol. The highest BCUT2D eigenvalue weighted by Gasteiger charge is 2.50. The summed E-state index contributed by atoms with van der Waals surface area (Å²) in [6.07, 6.45) is 6.63. The molecule has 0 radical (unpaired) electrons. The number of carbonyl (C=O) groups excluding carboxylic acids is 2. The lowest BCUT2D eigenvalue weighted by Crippen LogP contribution is -2.51.